The average molecular weight is 259 g/mol. The molecular formula is C15H21N3O. The van der Waals surface area contributed by atoms with Crippen LogP contribution in [0.2, 0.25) is 0 Å². The van der Waals surface area contributed by atoms with E-state index < -0.39 is 0 Å². The van der Waals surface area contributed by atoms with Gasteiger partial charge in [0.05, 0.1) is 18.0 Å². The third-order valence-electron chi connectivity index (χ3n) is 3.17. The highest BCUT2D eigenvalue weighted by molar-refractivity contribution is 5.35. The number of nitrogens with one attached hydrogen (secondary N) is 1. The van der Waals surface area contributed by atoms with E-state index in [0.29, 0.717) is 0 Å². The van der Waals surface area contributed by atoms with E-state index in [0.717, 1.165) is 30.3 Å². The zero-order chi connectivity index (χ0) is 13.7. The lowest BCUT2D eigenvalue weighted by molar-refractivity contribution is 0.117. The molecule has 1 N–H and O–H groups in total. The minimum atomic E-state index is 0.217. The summed E-state index contributed by atoms with van der Waals surface area (Å²) >= 11 is 0. The van der Waals surface area contributed by atoms with E-state index in [4.69, 9.17) is 4.74 Å². The predicted octanol–water partition coefficient (Wildman–Crippen LogP) is 2.31. The molecule has 0 fully saturated rings. The second-order valence-corrected chi connectivity index (χ2v) is 4.64. The second kappa shape index (κ2) is 6.50. The van der Waals surface area contributed by atoms with Crippen LogP contribution >= 0.6 is 0 Å². The van der Waals surface area contributed by atoms with Gasteiger partial charge in [0, 0.05) is 25.9 Å². The standard InChI is InChI=1S/C15H21N3O/c1-12(19-3)9-16-10-15-11-17-13(2)18(15)14-7-5-4-6-8-14/h4-8,11-12,16H,9-10H2,1-3H3. The van der Waals surface area contributed by atoms with Gasteiger partial charge in [0.15, 0.2) is 0 Å². The quantitative estimate of drug-likeness (QED) is 0.865. The van der Waals surface area contributed by atoms with Crippen molar-refractivity contribution in [2.45, 2.75) is 26.5 Å². The lowest BCUT2D eigenvalue weighted by Gasteiger charge is -2.13. The normalized spacial score (nSPS) is 12.6. The molecule has 0 bridgehead atoms. The van der Waals surface area contributed by atoms with E-state index in [2.05, 4.69) is 27.0 Å². The first-order valence-corrected chi connectivity index (χ1v) is 6.54. The first-order valence-electron chi connectivity index (χ1n) is 6.54. The van der Waals surface area contributed by atoms with Crippen LogP contribution in [0.3, 0.4) is 0 Å². The summed E-state index contributed by atoms with van der Waals surface area (Å²) in [5.41, 5.74) is 2.31. The van der Waals surface area contributed by atoms with Crippen LogP contribution in [0.5, 0.6) is 0 Å². The first kappa shape index (κ1) is 13.8. The molecule has 0 radical (unpaired) electrons. The van der Waals surface area contributed by atoms with Crippen molar-refractivity contribution in [3.8, 4) is 5.69 Å². The van der Waals surface area contributed by atoms with Crippen molar-refractivity contribution >= 4 is 0 Å². The Labute approximate surface area is 114 Å². The molecular weight excluding hydrogens is 238 g/mol. The maximum atomic E-state index is 5.22. The van der Waals surface area contributed by atoms with Crippen LogP contribution in [0.4, 0.5) is 0 Å². The van der Waals surface area contributed by atoms with Crippen molar-refractivity contribution in [2.24, 2.45) is 0 Å². The Balaban J connectivity index is 2.10. The van der Waals surface area contributed by atoms with Gasteiger partial charge in [0.2, 0.25) is 0 Å². The van der Waals surface area contributed by atoms with Crippen LogP contribution in [-0.2, 0) is 11.3 Å². The van der Waals surface area contributed by atoms with Crippen molar-refractivity contribution in [3.63, 3.8) is 0 Å². The number of rotatable bonds is 6. The highest BCUT2D eigenvalue weighted by Crippen LogP contribution is 2.14. The average Bonchev–Trinajstić information content (AvgIpc) is 2.80. The second-order valence-electron chi connectivity index (χ2n) is 4.64. The summed E-state index contributed by atoms with van der Waals surface area (Å²) in [6, 6.07) is 10.3. The lowest BCUT2D eigenvalue weighted by Crippen LogP contribution is -2.26. The van der Waals surface area contributed by atoms with Crippen molar-refractivity contribution in [3.05, 3.63) is 48.0 Å². The van der Waals surface area contributed by atoms with Crippen LogP contribution in [0, 0.1) is 6.92 Å². The molecule has 2 aromatic rings. The predicted molar refractivity (Wildman–Crippen MR) is 76.5 cm³/mol. The van der Waals surface area contributed by atoms with Gasteiger partial charge in [-0.15, -0.1) is 0 Å². The minimum Gasteiger partial charge on any atom is -0.380 e. The first-order chi connectivity index (χ1) is 9.22. The van der Waals surface area contributed by atoms with Crippen LogP contribution < -0.4 is 5.32 Å². The number of hydrogen-bond donors (Lipinski definition) is 1. The molecule has 0 amide bonds. The van der Waals surface area contributed by atoms with Gasteiger partial charge in [0.25, 0.3) is 0 Å². The molecule has 0 aliphatic heterocycles. The number of aryl methyl sites for hydroxylation is 1. The Kier molecular flexibility index (Phi) is 4.71. The van der Waals surface area contributed by atoms with E-state index in [1.165, 1.54) is 0 Å². The number of hydrogen-bond acceptors (Lipinski definition) is 3. The van der Waals surface area contributed by atoms with Gasteiger partial charge >= 0.3 is 0 Å². The molecule has 1 heterocycles. The third-order valence-corrected chi connectivity index (χ3v) is 3.17. The molecule has 4 nitrogen and oxygen atoms in total. The van der Waals surface area contributed by atoms with Crippen LogP contribution in [0.15, 0.2) is 36.5 Å². The van der Waals surface area contributed by atoms with Gasteiger partial charge in [-0.1, -0.05) is 18.2 Å². The highest BCUT2D eigenvalue weighted by atomic mass is 16.5. The Bertz CT molecular complexity index is 507. The molecule has 0 saturated carbocycles. The summed E-state index contributed by atoms with van der Waals surface area (Å²) in [6.07, 6.45) is 2.14. The number of benzene rings is 1. The molecule has 0 aliphatic rings. The van der Waals surface area contributed by atoms with E-state index in [1.807, 2.05) is 38.2 Å². The van der Waals surface area contributed by atoms with E-state index in [1.54, 1.807) is 7.11 Å². The monoisotopic (exact) mass is 259 g/mol. The summed E-state index contributed by atoms with van der Waals surface area (Å²) in [6.45, 7) is 5.68. The Morgan fingerprint density at radius 3 is 2.74 bits per heavy atom. The smallest absolute Gasteiger partial charge is 0.110 e. The van der Waals surface area contributed by atoms with Gasteiger partial charge in [-0.05, 0) is 26.0 Å². The maximum Gasteiger partial charge on any atom is 0.110 e. The fraction of sp³-hybridized carbons (Fsp3) is 0.400. The van der Waals surface area contributed by atoms with Gasteiger partial charge < -0.3 is 10.1 Å². The van der Waals surface area contributed by atoms with Crippen LogP contribution in [0.25, 0.3) is 5.69 Å². The number of para-hydroxylation sites is 1. The van der Waals surface area contributed by atoms with Crippen molar-refractivity contribution in [2.75, 3.05) is 13.7 Å². The minimum absolute atomic E-state index is 0.217. The zero-order valence-corrected chi connectivity index (χ0v) is 11.8. The Morgan fingerprint density at radius 1 is 1.32 bits per heavy atom. The maximum absolute atomic E-state index is 5.22. The van der Waals surface area contributed by atoms with Crippen molar-refractivity contribution in [1.29, 1.82) is 0 Å². The summed E-state index contributed by atoms with van der Waals surface area (Å²) < 4.78 is 7.39. The number of methoxy groups -OCH3 is 1. The molecule has 0 aliphatic carbocycles. The zero-order valence-electron chi connectivity index (χ0n) is 11.8. The lowest BCUT2D eigenvalue weighted by atomic mass is 10.3. The van der Waals surface area contributed by atoms with E-state index in [-0.39, 0.29) is 6.10 Å². The van der Waals surface area contributed by atoms with Crippen molar-refractivity contribution in [1.82, 2.24) is 14.9 Å². The number of aromatic nitrogens is 2. The molecule has 19 heavy (non-hydrogen) atoms. The van der Waals surface area contributed by atoms with Gasteiger partial charge in [-0.3, -0.25) is 4.57 Å². The highest BCUT2D eigenvalue weighted by Gasteiger charge is 2.08. The molecule has 2 rings (SSSR count). The fourth-order valence-electron chi connectivity index (χ4n) is 2.03. The molecule has 1 unspecified atom stereocenters. The summed E-state index contributed by atoms with van der Waals surface area (Å²) in [7, 11) is 1.73. The summed E-state index contributed by atoms with van der Waals surface area (Å²) in [4.78, 5) is 4.40. The molecule has 1 aromatic heterocycles. The number of imidazole rings is 1. The van der Waals surface area contributed by atoms with Crippen LogP contribution in [-0.4, -0.2) is 29.3 Å². The molecule has 1 aromatic carbocycles. The number of ether oxygens (including phenoxy) is 1. The third kappa shape index (κ3) is 3.43. The Morgan fingerprint density at radius 2 is 2.05 bits per heavy atom. The molecule has 0 spiro atoms. The topological polar surface area (TPSA) is 39.1 Å². The van der Waals surface area contributed by atoms with E-state index >= 15 is 0 Å². The fourth-order valence-corrected chi connectivity index (χ4v) is 2.03. The van der Waals surface area contributed by atoms with Gasteiger partial charge in [-0.25, -0.2) is 4.98 Å². The summed E-state index contributed by atoms with van der Waals surface area (Å²) in [5, 5.41) is 3.39. The Hall–Kier alpha value is -1.65. The molecule has 1 atom stereocenters. The summed E-state index contributed by atoms with van der Waals surface area (Å²) in [5.74, 6) is 1.00. The van der Waals surface area contributed by atoms with Crippen molar-refractivity contribution < 1.29 is 4.74 Å². The largest absolute Gasteiger partial charge is 0.380 e. The molecule has 4 heteroatoms. The van der Waals surface area contributed by atoms with Crippen LogP contribution in [0.1, 0.15) is 18.4 Å². The van der Waals surface area contributed by atoms with Gasteiger partial charge in [0.1, 0.15) is 5.82 Å². The van der Waals surface area contributed by atoms with E-state index in [9.17, 15) is 0 Å². The molecule has 102 valence electrons. The number of nitrogens with zero attached hydrogens (tertiary/aromatic N) is 2. The van der Waals surface area contributed by atoms with Gasteiger partial charge in [-0.2, -0.15) is 0 Å². The SMILES string of the molecule is COC(C)CNCc1cnc(C)n1-c1ccccc1. The molecule has 0 saturated heterocycles.